The maximum Gasteiger partial charge on any atom is 0.128 e. The first-order chi connectivity index (χ1) is 11.8. The number of nitrogens with one attached hydrogen (secondary N) is 1. The minimum Gasteiger partial charge on any atom is -0.497 e. The number of rotatable bonds is 3. The van der Waals surface area contributed by atoms with Crippen LogP contribution in [0.5, 0.6) is 11.5 Å². The van der Waals surface area contributed by atoms with Gasteiger partial charge in [0.05, 0.1) is 25.4 Å². The second kappa shape index (κ2) is 5.89. The number of methoxy groups -OCH3 is 2. The van der Waals surface area contributed by atoms with Gasteiger partial charge in [0, 0.05) is 23.7 Å². The van der Waals surface area contributed by atoms with Crippen LogP contribution in [0.1, 0.15) is 11.1 Å². The van der Waals surface area contributed by atoms with Crippen LogP contribution in [0, 0.1) is 0 Å². The molecule has 120 valence electrons. The van der Waals surface area contributed by atoms with E-state index in [-0.39, 0.29) is 0 Å². The quantitative estimate of drug-likeness (QED) is 0.785. The molecule has 4 nitrogen and oxygen atoms in total. The summed E-state index contributed by atoms with van der Waals surface area (Å²) in [5.41, 5.74) is 5.41. The number of hydrogen-bond donors (Lipinski definition) is 1. The van der Waals surface area contributed by atoms with E-state index < -0.39 is 0 Å². The molecule has 2 aromatic carbocycles. The minimum atomic E-state index is 0.748. The summed E-state index contributed by atoms with van der Waals surface area (Å²) in [5.74, 6) is 1.71. The highest BCUT2D eigenvalue weighted by Crippen LogP contribution is 2.39. The zero-order valence-electron chi connectivity index (χ0n) is 13.7. The van der Waals surface area contributed by atoms with Crippen molar-refractivity contribution in [3.05, 3.63) is 59.8 Å². The van der Waals surface area contributed by atoms with Gasteiger partial charge in [-0.2, -0.15) is 0 Å². The van der Waals surface area contributed by atoms with Gasteiger partial charge in [0.25, 0.3) is 0 Å². The number of aromatic nitrogens is 1. The SMILES string of the molecule is COc1ccc(C2=Cc3c(OC)cc4cccnc4c3NC2)cc1. The average molecular weight is 318 g/mol. The van der Waals surface area contributed by atoms with E-state index in [1.165, 1.54) is 5.57 Å². The lowest BCUT2D eigenvalue weighted by atomic mass is 9.96. The normalized spacial score (nSPS) is 13.0. The van der Waals surface area contributed by atoms with E-state index in [0.717, 1.165) is 45.8 Å². The van der Waals surface area contributed by atoms with Gasteiger partial charge < -0.3 is 14.8 Å². The Hall–Kier alpha value is -3.01. The summed E-state index contributed by atoms with van der Waals surface area (Å²) in [6, 6.07) is 14.1. The molecular weight excluding hydrogens is 300 g/mol. The molecule has 0 aliphatic carbocycles. The molecule has 24 heavy (non-hydrogen) atoms. The van der Waals surface area contributed by atoms with Crippen molar-refractivity contribution in [2.45, 2.75) is 0 Å². The third kappa shape index (κ3) is 2.36. The van der Waals surface area contributed by atoms with Crippen molar-refractivity contribution < 1.29 is 9.47 Å². The van der Waals surface area contributed by atoms with E-state index in [2.05, 4.69) is 34.6 Å². The first-order valence-electron chi connectivity index (χ1n) is 7.85. The van der Waals surface area contributed by atoms with E-state index in [1.54, 1.807) is 14.2 Å². The molecule has 0 saturated carbocycles. The zero-order valence-corrected chi connectivity index (χ0v) is 13.7. The molecule has 1 aromatic heterocycles. The van der Waals surface area contributed by atoms with Crippen molar-refractivity contribution in [2.24, 2.45) is 0 Å². The molecule has 4 rings (SSSR count). The average Bonchev–Trinajstić information content (AvgIpc) is 2.67. The molecule has 0 atom stereocenters. The lowest BCUT2D eigenvalue weighted by molar-refractivity contribution is 0.414. The summed E-state index contributed by atoms with van der Waals surface area (Å²) in [6.45, 7) is 0.748. The van der Waals surface area contributed by atoms with Gasteiger partial charge in [0.15, 0.2) is 0 Å². The lowest BCUT2D eigenvalue weighted by Crippen LogP contribution is -2.11. The second-order valence-corrected chi connectivity index (χ2v) is 5.69. The summed E-state index contributed by atoms with van der Waals surface area (Å²) in [5, 5.41) is 4.59. The second-order valence-electron chi connectivity index (χ2n) is 5.69. The molecule has 2 heterocycles. The van der Waals surface area contributed by atoms with Crippen molar-refractivity contribution in [3.8, 4) is 11.5 Å². The number of benzene rings is 2. The topological polar surface area (TPSA) is 43.4 Å². The molecule has 0 radical (unpaired) electrons. The molecule has 0 spiro atoms. The van der Waals surface area contributed by atoms with Crippen LogP contribution in [0.15, 0.2) is 48.7 Å². The van der Waals surface area contributed by atoms with Gasteiger partial charge in [-0.1, -0.05) is 18.2 Å². The third-order valence-electron chi connectivity index (χ3n) is 4.35. The predicted octanol–water partition coefficient (Wildman–Crippen LogP) is 4.22. The van der Waals surface area contributed by atoms with Crippen LogP contribution >= 0.6 is 0 Å². The Labute approximate surface area is 140 Å². The van der Waals surface area contributed by atoms with Crippen LogP contribution in [-0.2, 0) is 0 Å². The van der Waals surface area contributed by atoms with E-state index in [0.29, 0.717) is 0 Å². The largest absolute Gasteiger partial charge is 0.497 e. The highest BCUT2D eigenvalue weighted by Gasteiger charge is 2.19. The zero-order chi connectivity index (χ0) is 16.5. The summed E-state index contributed by atoms with van der Waals surface area (Å²) in [6.07, 6.45) is 4.00. The molecular formula is C20H18N2O2. The highest BCUT2D eigenvalue weighted by molar-refractivity contribution is 6.03. The van der Waals surface area contributed by atoms with Gasteiger partial charge in [0.2, 0.25) is 0 Å². The first-order valence-corrected chi connectivity index (χ1v) is 7.85. The molecule has 1 N–H and O–H groups in total. The number of fused-ring (bicyclic) bond motifs is 3. The number of pyridine rings is 1. The van der Waals surface area contributed by atoms with E-state index in [1.807, 2.05) is 30.5 Å². The molecule has 1 aliphatic rings. The van der Waals surface area contributed by atoms with Gasteiger partial charge in [-0.05, 0) is 41.5 Å². The summed E-state index contributed by atoms with van der Waals surface area (Å²) < 4.78 is 10.8. The summed E-state index contributed by atoms with van der Waals surface area (Å²) >= 11 is 0. The van der Waals surface area contributed by atoms with Crippen LogP contribution in [0.2, 0.25) is 0 Å². The molecule has 0 bridgehead atoms. The fourth-order valence-corrected chi connectivity index (χ4v) is 3.10. The first kappa shape index (κ1) is 14.6. The van der Waals surface area contributed by atoms with Crippen molar-refractivity contribution >= 4 is 28.2 Å². The number of anilines is 1. The monoisotopic (exact) mass is 318 g/mol. The Bertz CT molecular complexity index is 930. The Kier molecular flexibility index (Phi) is 3.58. The van der Waals surface area contributed by atoms with Crippen molar-refractivity contribution in [1.29, 1.82) is 0 Å². The standard InChI is InChI=1S/C20H18N2O2/c1-23-16-7-5-13(6-8-16)15-10-17-18(24-2)11-14-4-3-9-21-19(14)20(17)22-12-15/h3-11,22H,12H2,1-2H3. The lowest BCUT2D eigenvalue weighted by Gasteiger charge is -2.22. The summed E-state index contributed by atoms with van der Waals surface area (Å²) in [7, 11) is 3.38. The number of nitrogens with zero attached hydrogens (tertiary/aromatic N) is 1. The number of ether oxygens (including phenoxy) is 2. The van der Waals surface area contributed by atoms with Crippen molar-refractivity contribution in [3.63, 3.8) is 0 Å². The van der Waals surface area contributed by atoms with Crippen LogP contribution in [-0.4, -0.2) is 25.7 Å². The van der Waals surface area contributed by atoms with E-state index in [9.17, 15) is 0 Å². The summed E-state index contributed by atoms with van der Waals surface area (Å²) in [4.78, 5) is 4.53. The molecule has 0 amide bonds. The maximum atomic E-state index is 5.61. The van der Waals surface area contributed by atoms with Crippen LogP contribution in [0.4, 0.5) is 5.69 Å². The van der Waals surface area contributed by atoms with Crippen LogP contribution in [0.25, 0.3) is 22.6 Å². The Morgan fingerprint density at radius 3 is 2.62 bits per heavy atom. The molecule has 0 fully saturated rings. The molecule has 0 unspecified atom stereocenters. The Morgan fingerprint density at radius 1 is 1.04 bits per heavy atom. The fraction of sp³-hybridized carbons (Fsp3) is 0.150. The van der Waals surface area contributed by atoms with E-state index >= 15 is 0 Å². The van der Waals surface area contributed by atoms with Gasteiger partial charge in [-0.15, -0.1) is 0 Å². The minimum absolute atomic E-state index is 0.748. The Balaban J connectivity index is 1.86. The van der Waals surface area contributed by atoms with Crippen LogP contribution in [0.3, 0.4) is 0 Å². The Morgan fingerprint density at radius 2 is 1.88 bits per heavy atom. The highest BCUT2D eigenvalue weighted by atomic mass is 16.5. The molecule has 1 aliphatic heterocycles. The number of hydrogen-bond acceptors (Lipinski definition) is 4. The van der Waals surface area contributed by atoms with Gasteiger partial charge >= 0.3 is 0 Å². The fourth-order valence-electron chi connectivity index (χ4n) is 3.10. The van der Waals surface area contributed by atoms with Crippen molar-refractivity contribution in [1.82, 2.24) is 4.98 Å². The smallest absolute Gasteiger partial charge is 0.128 e. The van der Waals surface area contributed by atoms with Gasteiger partial charge in [-0.3, -0.25) is 4.98 Å². The predicted molar refractivity (Wildman–Crippen MR) is 97.6 cm³/mol. The third-order valence-corrected chi connectivity index (χ3v) is 4.35. The molecule has 0 saturated heterocycles. The van der Waals surface area contributed by atoms with Crippen LogP contribution < -0.4 is 14.8 Å². The maximum absolute atomic E-state index is 5.61. The molecule has 4 heteroatoms. The molecule has 3 aromatic rings. The van der Waals surface area contributed by atoms with Gasteiger partial charge in [-0.25, -0.2) is 0 Å². The van der Waals surface area contributed by atoms with Crippen molar-refractivity contribution in [2.75, 3.05) is 26.1 Å². The van der Waals surface area contributed by atoms with Gasteiger partial charge in [0.1, 0.15) is 11.5 Å². The van der Waals surface area contributed by atoms with E-state index in [4.69, 9.17) is 9.47 Å².